The first kappa shape index (κ1) is 12.5. The summed E-state index contributed by atoms with van der Waals surface area (Å²) in [4.78, 5) is 5.78. The first-order valence-corrected chi connectivity index (χ1v) is 4.69. The van der Waals surface area contributed by atoms with Gasteiger partial charge < -0.3 is 4.90 Å². The third-order valence-electron chi connectivity index (χ3n) is 1.95. The van der Waals surface area contributed by atoms with Gasteiger partial charge in [-0.1, -0.05) is 0 Å². The number of rotatable bonds is 2. The van der Waals surface area contributed by atoms with Gasteiger partial charge in [-0.3, -0.25) is 0 Å². The van der Waals surface area contributed by atoms with E-state index < -0.39 is 11.7 Å². The number of aliphatic imine (C=N–C) groups is 1. The van der Waals surface area contributed by atoms with Crippen molar-refractivity contribution >= 4 is 12.0 Å². The van der Waals surface area contributed by atoms with Gasteiger partial charge in [0.2, 0.25) is 0 Å². The highest BCUT2D eigenvalue weighted by atomic mass is 19.4. The van der Waals surface area contributed by atoms with Gasteiger partial charge in [0.25, 0.3) is 0 Å². The fourth-order valence-electron chi connectivity index (χ4n) is 1.15. The summed E-state index contributed by atoms with van der Waals surface area (Å²) in [6, 6.07) is 3.51. The molecule has 0 saturated carbocycles. The first-order valence-electron chi connectivity index (χ1n) is 4.69. The third-order valence-corrected chi connectivity index (χ3v) is 1.95. The Hall–Kier alpha value is -1.52. The normalized spacial score (nSPS) is 12.1. The van der Waals surface area contributed by atoms with Crippen molar-refractivity contribution in [2.45, 2.75) is 13.1 Å². The molecule has 1 aromatic rings. The molecule has 0 N–H and O–H groups in total. The predicted molar refractivity (Wildman–Crippen MR) is 58.0 cm³/mol. The van der Waals surface area contributed by atoms with Gasteiger partial charge in [0.1, 0.15) is 0 Å². The third kappa shape index (κ3) is 3.25. The molecule has 5 heteroatoms. The number of benzene rings is 1. The van der Waals surface area contributed by atoms with Crippen molar-refractivity contribution in [3.05, 3.63) is 29.3 Å². The summed E-state index contributed by atoms with van der Waals surface area (Å²) in [7, 11) is 3.59. The molecule has 0 aliphatic rings. The van der Waals surface area contributed by atoms with E-state index in [0.717, 1.165) is 12.1 Å². The molecule has 0 radical (unpaired) electrons. The van der Waals surface area contributed by atoms with Gasteiger partial charge in [-0.05, 0) is 30.7 Å². The standard InChI is InChI=1S/C11H13F3N2/c1-8-6-9(11(12,13)14)4-5-10(8)15-7-16(2)3/h4-7H,1-3H3. The maximum atomic E-state index is 12.4. The molecule has 0 aliphatic heterocycles. The van der Waals surface area contributed by atoms with E-state index in [1.165, 1.54) is 6.07 Å². The van der Waals surface area contributed by atoms with Gasteiger partial charge >= 0.3 is 6.18 Å². The summed E-state index contributed by atoms with van der Waals surface area (Å²) in [5.74, 6) is 0. The van der Waals surface area contributed by atoms with E-state index in [-0.39, 0.29) is 0 Å². The zero-order valence-electron chi connectivity index (χ0n) is 9.34. The zero-order valence-corrected chi connectivity index (χ0v) is 9.34. The summed E-state index contributed by atoms with van der Waals surface area (Å²) in [5, 5.41) is 0. The lowest BCUT2D eigenvalue weighted by Gasteiger charge is -2.09. The maximum Gasteiger partial charge on any atom is 0.416 e. The van der Waals surface area contributed by atoms with Gasteiger partial charge in [0.15, 0.2) is 0 Å². The molecule has 0 unspecified atom stereocenters. The van der Waals surface area contributed by atoms with Crippen LogP contribution >= 0.6 is 0 Å². The molecule has 88 valence electrons. The second kappa shape index (κ2) is 4.55. The van der Waals surface area contributed by atoms with E-state index in [0.29, 0.717) is 11.3 Å². The topological polar surface area (TPSA) is 15.6 Å². The van der Waals surface area contributed by atoms with Crippen LogP contribution < -0.4 is 0 Å². The van der Waals surface area contributed by atoms with Crippen LogP contribution in [0.2, 0.25) is 0 Å². The van der Waals surface area contributed by atoms with Gasteiger partial charge in [-0.15, -0.1) is 0 Å². The number of hydrogen-bond acceptors (Lipinski definition) is 1. The van der Waals surface area contributed by atoms with Gasteiger partial charge in [0.05, 0.1) is 17.6 Å². The van der Waals surface area contributed by atoms with Crippen LogP contribution in [0.3, 0.4) is 0 Å². The molecule has 0 spiro atoms. The molecule has 0 aromatic heterocycles. The summed E-state index contributed by atoms with van der Waals surface area (Å²) in [6.07, 6.45) is -2.75. The van der Waals surface area contributed by atoms with E-state index in [9.17, 15) is 13.2 Å². The summed E-state index contributed by atoms with van der Waals surface area (Å²) in [6.45, 7) is 1.61. The van der Waals surface area contributed by atoms with Crippen LogP contribution in [0.15, 0.2) is 23.2 Å². The first-order chi connectivity index (χ1) is 7.30. The molecule has 16 heavy (non-hydrogen) atoms. The fraction of sp³-hybridized carbons (Fsp3) is 0.364. The molecule has 0 atom stereocenters. The molecule has 0 amide bonds. The molecule has 0 saturated heterocycles. The van der Waals surface area contributed by atoms with E-state index in [4.69, 9.17) is 0 Å². The Kier molecular flexibility index (Phi) is 3.57. The minimum absolute atomic E-state index is 0.507. The minimum Gasteiger partial charge on any atom is -0.369 e. The average Bonchev–Trinajstić information content (AvgIpc) is 2.14. The van der Waals surface area contributed by atoms with Crippen LogP contribution in [0.1, 0.15) is 11.1 Å². The average molecular weight is 230 g/mol. The van der Waals surface area contributed by atoms with Gasteiger partial charge in [-0.2, -0.15) is 13.2 Å². The molecule has 1 rings (SSSR count). The molecule has 0 aliphatic carbocycles. The van der Waals surface area contributed by atoms with E-state index in [1.54, 1.807) is 32.3 Å². The van der Waals surface area contributed by atoms with E-state index >= 15 is 0 Å². The molecular formula is C11H13F3N2. The Labute approximate surface area is 92.4 Å². The minimum atomic E-state index is -4.30. The van der Waals surface area contributed by atoms with Crippen LogP contribution in [-0.2, 0) is 6.18 Å². The Bertz CT molecular complexity index is 395. The van der Waals surface area contributed by atoms with Crippen LogP contribution in [0.5, 0.6) is 0 Å². The summed E-state index contributed by atoms with van der Waals surface area (Å²) in [5.41, 5.74) is 0.406. The van der Waals surface area contributed by atoms with Crippen molar-refractivity contribution in [1.82, 2.24) is 4.90 Å². The monoisotopic (exact) mass is 230 g/mol. The largest absolute Gasteiger partial charge is 0.416 e. The van der Waals surface area contributed by atoms with Crippen molar-refractivity contribution in [3.8, 4) is 0 Å². The Morgan fingerprint density at radius 2 is 1.88 bits per heavy atom. The number of hydrogen-bond donors (Lipinski definition) is 0. The van der Waals surface area contributed by atoms with E-state index in [2.05, 4.69) is 4.99 Å². The van der Waals surface area contributed by atoms with Gasteiger partial charge in [-0.25, -0.2) is 4.99 Å². The van der Waals surface area contributed by atoms with Crippen LogP contribution in [0.4, 0.5) is 18.9 Å². The van der Waals surface area contributed by atoms with E-state index in [1.807, 2.05) is 0 Å². The molecule has 2 nitrogen and oxygen atoms in total. The second-order valence-corrected chi connectivity index (χ2v) is 3.71. The molecule has 0 heterocycles. The highest BCUT2D eigenvalue weighted by Crippen LogP contribution is 2.32. The lowest BCUT2D eigenvalue weighted by Crippen LogP contribution is -2.07. The summed E-state index contributed by atoms with van der Waals surface area (Å²) >= 11 is 0. The number of aryl methyl sites for hydroxylation is 1. The molecular weight excluding hydrogens is 217 g/mol. The van der Waals surface area contributed by atoms with Crippen molar-refractivity contribution in [2.24, 2.45) is 4.99 Å². The lowest BCUT2D eigenvalue weighted by molar-refractivity contribution is -0.137. The Morgan fingerprint density at radius 1 is 1.25 bits per heavy atom. The van der Waals surface area contributed by atoms with Crippen molar-refractivity contribution in [1.29, 1.82) is 0 Å². The summed E-state index contributed by atoms with van der Waals surface area (Å²) < 4.78 is 37.1. The van der Waals surface area contributed by atoms with Crippen molar-refractivity contribution < 1.29 is 13.2 Å². The molecule has 1 aromatic carbocycles. The van der Waals surface area contributed by atoms with Crippen LogP contribution in [0, 0.1) is 6.92 Å². The highest BCUT2D eigenvalue weighted by Gasteiger charge is 2.30. The number of nitrogens with zero attached hydrogens (tertiary/aromatic N) is 2. The Morgan fingerprint density at radius 3 is 2.31 bits per heavy atom. The molecule has 0 bridgehead atoms. The SMILES string of the molecule is Cc1cc(C(F)(F)F)ccc1N=CN(C)C. The Balaban J connectivity index is 3.01. The van der Waals surface area contributed by atoms with Crippen LogP contribution in [-0.4, -0.2) is 25.3 Å². The van der Waals surface area contributed by atoms with Crippen LogP contribution in [0.25, 0.3) is 0 Å². The van der Waals surface area contributed by atoms with Gasteiger partial charge in [0, 0.05) is 14.1 Å². The highest BCUT2D eigenvalue weighted by molar-refractivity contribution is 5.62. The fourth-order valence-corrected chi connectivity index (χ4v) is 1.15. The number of alkyl halides is 3. The van der Waals surface area contributed by atoms with Crippen molar-refractivity contribution in [2.75, 3.05) is 14.1 Å². The smallest absolute Gasteiger partial charge is 0.369 e. The number of halogens is 3. The zero-order chi connectivity index (χ0) is 12.3. The maximum absolute atomic E-state index is 12.4. The predicted octanol–water partition coefficient (Wildman–Crippen LogP) is 3.24. The quantitative estimate of drug-likeness (QED) is 0.562. The van der Waals surface area contributed by atoms with Crippen molar-refractivity contribution in [3.63, 3.8) is 0 Å². The molecule has 0 fully saturated rings. The lowest BCUT2D eigenvalue weighted by atomic mass is 10.1. The second-order valence-electron chi connectivity index (χ2n) is 3.71.